The number of nitrogens with zero attached hydrogens (tertiary/aromatic N) is 4. The summed E-state index contributed by atoms with van der Waals surface area (Å²) in [6.07, 6.45) is 2.11. The van der Waals surface area contributed by atoms with Crippen LogP contribution in [0.25, 0.3) is 11.2 Å². The second-order valence-corrected chi connectivity index (χ2v) is 4.84. The predicted octanol–water partition coefficient (Wildman–Crippen LogP) is 0.666. The molecule has 0 atom stereocenters. The Morgan fingerprint density at radius 2 is 1.85 bits per heavy atom. The molecule has 0 saturated heterocycles. The van der Waals surface area contributed by atoms with E-state index in [4.69, 9.17) is 0 Å². The van der Waals surface area contributed by atoms with Crippen LogP contribution >= 0.6 is 0 Å². The summed E-state index contributed by atoms with van der Waals surface area (Å²) in [5.74, 6) is 0.647. The maximum absolute atomic E-state index is 12.3. The predicted molar refractivity (Wildman–Crippen MR) is 79.3 cm³/mol. The number of anilines is 1. The zero-order valence-electron chi connectivity index (χ0n) is 12.4. The van der Waals surface area contributed by atoms with E-state index in [0.717, 1.165) is 24.0 Å². The number of rotatable bonds is 5. The third kappa shape index (κ3) is 2.13. The van der Waals surface area contributed by atoms with Crippen LogP contribution in [0.15, 0.2) is 9.59 Å². The maximum atomic E-state index is 12.3. The van der Waals surface area contributed by atoms with Crippen LogP contribution in [-0.2, 0) is 20.6 Å². The lowest BCUT2D eigenvalue weighted by atomic mass is 10.3. The standard InChI is InChI=1S/C13H21N5O2/c1-5-7-8-14-12-15-10-9(18(12)6-2)11(19)17(4)13(20)16(10)3/h5-8H2,1-4H3,(H,14,15). The van der Waals surface area contributed by atoms with Crippen LogP contribution in [0, 0.1) is 0 Å². The van der Waals surface area contributed by atoms with Crippen LogP contribution in [0.5, 0.6) is 0 Å². The van der Waals surface area contributed by atoms with Crippen molar-refractivity contribution in [3.63, 3.8) is 0 Å². The first-order valence-corrected chi connectivity index (χ1v) is 6.93. The van der Waals surface area contributed by atoms with Crippen molar-refractivity contribution in [2.75, 3.05) is 11.9 Å². The van der Waals surface area contributed by atoms with Crippen molar-refractivity contribution in [3.05, 3.63) is 20.8 Å². The van der Waals surface area contributed by atoms with Crippen molar-refractivity contribution in [1.29, 1.82) is 0 Å². The quantitative estimate of drug-likeness (QED) is 0.816. The molecule has 7 heteroatoms. The van der Waals surface area contributed by atoms with Gasteiger partial charge in [-0.15, -0.1) is 0 Å². The molecule has 20 heavy (non-hydrogen) atoms. The number of hydrogen-bond donors (Lipinski definition) is 1. The first-order valence-electron chi connectivity index (χ1n) is 6.93. The number of unbranched alkanes of at least 4 members (excludes halogenated alkanes) is 1. The Morgan fingerprint density at radius 1 is 1.15 bits per heavy atom. The molecule has 2 aromatic rings. The molecule has 0 aromatic carbocycles. The Bertz CT molecular complexity index is 738. The normalized spacial score (nSPS) is 11.2. The van der Waals surface area contributed by atoms with Crippen LogP contribution in [0.2, 0.25) is 0 Å². The van der Waals surface area contributed by atoms with Crippen LogP contribution in [0.4, 0.5) is 5.95 Å². The number of hydrogen-bond acceptors (Lipinski definition) is 4. The fourth-order valence-corrected chi connectivity index (χ4v) is 2.27. The van der Waals surface area contributed by atoms with Crippen LogP contribution in [-0.4, -0.2) is 25.2 Å². The van der Waals surface area contributed by atoms with Gasteiger partial charge in [0, 0.05) is 27.2 Å². The fraction of sp³-hybridized carbons (Fsp3) is 0.615. The molecule has 0 unspecified atom stereocenters. The summed E-state index contributed by atoms with van der Waals surface area (Å²) in [4.78, 5) is 28.6. The van der Waals surface area contributed by atoms with E-state index in [1.54, 1.807) is 7.05 Å². The third-order valence-electron chi connectivity index (χ3n) is 3.48. The lowest BCUT2D eigenvalue weighted by molar-refractivity contribution is 0.699. The van der Waals surface area contributed by atoms with E-state index in [0.29, 0.717) is 23.7 Å². The highest BCUT2D eigenvalue weighted by Gasteiger charge is 2.17. The summed E-state index contributed by atoms with van der Waals surface area (Å²) in [5.41, 5.74) is 0.236. The molecule has 0 spiro atoms. The lowest BCUT2D eigenvalue weighted by Crippen LogP contribution is -2.37. The Balaban J connectivity index is 2.68. The van der Waals surface area contributed by atoms with E-state index in [-0.39, 0.29) is 11.2 Å². The van der Waals surface area contributed by atoms with Gasteiger partial charge < -0.3 is 9.88 Å². The molecule has 0 aliphatic heterocycles. The van der Waals surface area contributed by atoms with Gasteiger partial charge in [-0.05, 0) is 13.3 Å². The second kappa shape index (κ2) is 5.52. The number of imidazole rings is 1. The highest BCUT2D eigenvalue weighted by atomic mass is 16.2. The Hall–Kier alpha value is -2.05. The summed E-state index contributed by atoms with van der Waals surface area (Å²) in [7, 11) is 3.12. The van der Waals surface area contributed by atoms with Gasteiger partial charge in [0.1, 0.15) is 0 Å². The van der Waals surface area contributed by atoms with Gasteiger partial charge in [-0.1, -0.05) is 13.3 Å². The van der Waals surface area contributed by atoms with Gasteiger partial charge in [-0.3, -0.25) is 13.9 Å². The molecule has 0 radical (unpaired) electrons. The van der Waals surface area contributed by atoms with Crippen molar-refractivity contribution in [2.24, 2.45) is 14.1 Å². The van der Waals surface area contributed by atoms with E-state index >= 15 is 0 Å². The summed E-state index contributed by atoms with van der Waals surface area (Å²) >= 11 is 0. The van der Waals surface area contributed by atoms with E-state index in [2.05, 4.69) is 17.2 Å². The molecule has 0 aliphatic rings. The molecule has 7 nitrogen and oxygen atoms in total. The molecule has 2 aromatic heterocycles. The van der Waals surface area contributed by atoms with Gasteiger partial charge >= 0.3 is 5.69 Å². The molecule has 0 amide bonds. The summed E-state index contributed by atoms with van der Waals surface area (Å²) in [6, 6.07) is 0. The fourth-order valence-electron chi connectivity index (χ4n) is 2.27. The zero-order valence-corrected chi connectivity index (χ0v) is 12.4. The number of aryl methyl sites for hydroxylation is 2. The SMILES string of the molecule is CCCCNc1nc2c(c(=O)n(C)c(=O)n2C)n1CC. The maximum Gasteiger partial charge on any atom is 0.332 e. The Kier molecular flexibility index (Phi) is 3.96. The highest BCUT2D eigenvalue weighted by Crippen LogP contribution is 2.15. The van der Waals surface area contributed by atoms with E-state index in [1.807, 2.05) is 11.5 Å². The molecular weight excluding hydrogens is 258 g/mol. The van der Waals surface area contributed by atoms with Crippen molar-refractivity contribution in [3.8, 4) is 0 Å². The van der Waals surface area contributed by atoms with Gasteiger partial charge in [0.15, 0.2) is 11.2 Å². The van der Waals surface area contributed by atoms with E-state index < -0.39 is 0 Å². The van der Waals surface area contributed by atoms with Crippen molar-refractivity contribution in [2.45, 2.75) is 33.2 Å². The monoisotopic (exact) mass is 279 g/mol. The topological polar surface area (TPSA) is 73.8 Å². The van der Waals surface area contributed by atoms with Crippen molar-refractivity contribution in [1.82, 2.24) is 18.7 Å². The van der Waals surface area contributed by atoms with Gasteiger partial charge in [0.25, 0.3) is 5.56 Å². The number of fused-ring (bicyclic) bond motifs is 1. The summed E-state index contributed by atoms with van der Waals surface area (Å²) in [5, 5.41) is 3.24. The first kappa shape index (κ1) is 14.4. The number of nitrogens with one attached hydrogen (secondary N) is 1. The van der Waals surface area contributed by atoms with E-state index in [9.17, 15) is 9.59 Å². The average Bonchev–Trinajstić information content (AvgIpc) is 2.82. The van der Waals surface area contributed by atoms with Gasteiger partial charge in [0.05, 0.1) is 0 Å². The number of aromatic nitrogens is 4. The molecule has 0 saturated carbocycles. The first-order chi connectivity index (χ1) is 9.52. The molecule has 2 rings (SSSR count). The van der Waals surface area contributed by atoms with Crippen molar-refractivity contribution < 1.29 is 0 Å². The third-order valence-corrected chi connectivity index (χ3v) is 3.48. The van der Waals surface area contributed by atoms with Crippen molar-refractivity contribution >= 4 is 17.1 Å². The molecule has 0 aliphatic carbocycles. The largest absolute Gasteiger partial charge is 0.356 e. The summed E-state index contributed by atoms with van der Waals surface area (Å²) < 4.78 is 4.35. The second-order valence-electron chi connectivity index (χ2n) is 4.84. The summed E-state index contributed by atoms with van der Waals surface area (Å²) in [6.45, 7) is 5.49. The molecule has 1 N–H and O–H groups in total. The minimum atomic E-state index is -0.358. The molecule has 0 bridgehead atoms. The van der Waals surface area contributed by atoms with Crippen LogP contribution in [0.3, 0.4) is 0 Å². The molecule has 0 fully saturated rings. The van der Waals surface area contributed by atoms with Gasteiger partial charge in [-0.25, -0.2) is 4.79 Å². The van der Waals surface area contributed by atoms with Gasteiger partial charge in [0.2, 0.25) is 5.95 Å². The lowest BCUT2D eigenvalue weighted by Gasteiger charge is -2.07. The van der Waals surface area contributed by atoms with E-state index in [1.165, 1.54) is 11.6 Å². The Labute approximate surface area is 116 Å². The average molecular weight is 279 g/mol. The molecular formula is C13H21N5O2. The highest BCUT2D eigenvalue weighted by molar-refractivity contribution is 5.74. The van der Waals surface area contributed by atoms with Crippen LogP contribution in [0.1, 0.15) is 26.7 Å². The minimum Gasteiger partial charge on any atom is -0.356 e. The van der Waals surface area contributed by atoms with Gasteiger partial charge in [-0.2, -0.15) is 4.98 Å². The molecule has 2 heterocycles. The van der Waals surface area contributed by atoms with Crippen LogP contribution < -0.4 is 16.6 Å². The molecule has 110 valence electrons. The smallest absolute Gasteiger partial charge is 0.332 e. The zero-order chi connectivity index (χ0) is 14.9. The Morgan fingerprint density at radius 3 is 2.45 bits per heavy atom. The minimum absolute atomic E-state index is 0.305.